The SMILES string of the molecule is Cn1cc(Br)c(C(=O)Nc2cnn(Cc3c(F)cc(F)c(F)c3F)c2)n1. The van der Waals surface area contributed by atoms with Gasteiger partial charge in [0.05, 0.1) is 22.9 Å². The van der Waals surface area contributed by atoms with E-state index >= 15 is 0 Å². The smallest absolute Gasteiger partial charge is 0.277 e. The van der Waals surface area contributed by atoms with Crippen molar-refractivity contribution in [3.8, 4) is 0 Å². The predicted molar refractivity (Wildman–Crippen MR) is 86.5 cm³/mol. The minimum atomic E-state index is -1.76. The van der Waals surface area contributed by atoms with Crippen molar-refractivity contribution in [1.82, 2.24) is 19.6 Å². The number of aryl methyl sites for hydroxylation is 1. The van der Waals surface area contributed by atoms with E-state index in [9.17, 15) is 22.4 Å². The van der Waals surface area contributed by atoms with Crippen LogP contribution in [0.2, 0.25) is 0 Å². The molecule has 1 N–H and O–H groups in total. The third kappa shape index (κ3) is 3.47. The number of anilines is 1. The molecule has 2 heterocycles. The molecular weight excluding hydrogens is 422 g/mol. The van der Waals surface area contributed by atoms with Crippen LogP contribution >= 0.6 is 15.9 Å². The second kappa shape index (κ2) is 6.90. The van der Waals surface area contributed by atoms with Crippen LogP contribution in [0.1, 0.15) is 16.1 Å². The highest BCUT2D eigenvalue weighted by atomic mass is 79.9. The minimum absolute atomic E-state index is 0.137. The van der Waals surface area contributed by atoms with Gasteiger partial charge < -0.3 is 5.32 Å². The van der Waals surface area contributed by atoms with Gasteiger partial charge in [-0.2, -0.15) is 10.2 Å². The molecule has 0 aliphatic heterocycles. The number of nitrogens with zero attached hydrogens (tertiary/aromatic N) is 4. The van der Waals surface area contributed by atoms with Crippen molar-refractivity contribution in [2.24, 2.45) is 7.05 Å². The van der Waals surface area contributed by atoms with Crippen LogP contribution in [0, 0.1) is 23.3 Å². The molecule has 2 aromatic heterocycles. The van der Waals surface area contributed by atoms with E-state index in [1.165, 1.54) is 17.1 Å². The first-order valence-corrected chi connectivity index (χ1v) is 7.90. The number of amides is 1. The summed E-state index contributed by atoms with van der Waals surface area (Å²) in [7, 11) is 1.64. The fraction of sp³-hybridized carbons (Fsp3) is 0.133. The summed E-state index contributed by atoms with van der Waals surface area (Å²) in [5.74, 6) is -6.76. The standard InChI is InChI=1S/C15H10BrF4N5O/c1-24-6-9(16)14(23-24)15(26)22-7-3-21-25(4-7)5-8-10(17)2-11(18)13(20)12(8)19/h2-4,6H,5H2,1H3,(H,22,26). The molecule has 6 nitrogen and oxygen atoms in total. The fourth-order valence-corrected chi connectivity index (χ4v) is 2.78. The number of carbonyl (C=O) groups is 1. The molecule has 1 aromatic carbocycles. The average molecular weight is 432 g/mol. The molecule has 0 saturated heterocycles. The zero-order chi connectivity index (χ0) is 19.0. The van der Waals surface area contributed by atoms with Gasteiger partial charge >= 0.3 is 0 Å². The maximum absolute atomic E-state index is 13.7. The molecule has 0 aliphatic carbocycles. The number of carbonyl (C=O) groups excluding carboxylic acids is 1. The fourth-order valence-electron chi connectivity index (χ4n) is 2.23. The zero-order valence-electron chi connectivity index (χ0n) is 13.1. The molecule has 26 heavy (non-hydrogen) atoms. The molecule has 0 unspecified atom stereocenters. The van der Waals surface area contributed by atoms with Gasteiger partial charge in [-0.05, 0) is 15.9 Å². The second-order valence-electron chi connectivity index (χ2n) is 5.33. The lowest BCUT2D eigenvalue weighted by atomic mass is 10.2. The summed E-state index contributed by atoms with van der Waals surface area (Å²) >= 11 is 3.19. The molecule has 0 saturated carbocycles. The lowest BCUT2D eigenvalue weighted by Gasteiger charge is -2.06. The molecule has 11 heteroatoms. The van der Waals surface area contributed by atoms with Crippen molar-refractivity contribution in [1.29, 1.82) is 0 Å². The summed E-state index contributed by atoms with van der Waals surface area (Å²) in [5.41, 5.74) is -0.314. The molecule has 1 amide bonds. The van der Waals surface area contributed by atoms with Crippen molar-refractivity contribution < 1.29 is 22.4 Å². The largest absolute Gasteiger partial charge is 0.318 e. The Balaban J connectivity index is 1.78. The molecule has 0 fully saturated rings. The molecular formula is C15H10BrF4N5O. The Kier molecular flexibility index (Phi) is 4.81. The number of hydrogen-bond donors (Lipinski definition) is 1. The highest BCUT2D eigenvalue weighted by molar-refractivity contribution is 9.10. The van der Waals surface area contributed by atoms with Crippen LogP contribution in [0.15, 0.2) is 29.1 Å². The van der Waals surface area contributed by atoms with E-state index < -0.39 is 41.3 Å². The van der Waals surface area contributed by atoms with Gasteiger partial charge in [-0.25, -0.2) is 17.6 Å². The van der Waals surface area contributed by atoms with E-state index in [2.05, 4.69) is 31.4 Å². The first kappa shape index (κ1) is 18.1. The normalized spacial score (nSPS) is 11.0. The number of halogens is 5. The van der Waals surface area contributed by atoms with E-state index in [0.29, 0.717) is 4.47 Å². The Labute approximate surface area is 152 Å². The predicted octanol–water partition coefficient (Wildman–Crippen LogP) is 3.24. The van der Waals surface area contributed by atoms with Gasteiger partial charge in [0.25, 0.3) is 5.91 Å². The number of nitrogens with one attached hydrogen (secondary N) is 1. The Morgan fingerprint density at radius 3 is 2.58 bits per heavy atom. The molecule has 3 aromatic rings. The number of aromatic nitrogens is 4. The summed E-state index contributed by atoms with van der Waals surface area (Å²) in [6.07, 6.45) is 4.12. The lowest BCUT2D eigenvalue weighted by Crippen LogP contribution is -2.13. The molecule has 0 spiro atoms. The van der Waals surface area contributed by atoms with Crippen LogP contribution in [-0.4, -0.2) is 25.5 Å². The van der Waals surface area contributed by atoms with E-state index in [4.69, 9.17) is 0 Å². The Bertz CT molecular complexity index is 1000. The lowest BCUT2D eigenvalue weighted by molar-refractivity contribution is 0.102. The highest BCUT2D eigenvalue weighted by Crippen LogP contribution is 2.21. The van der Waals surface area contributed by atoms with Crippen LogP contribution in [-0.2, 0) is 13.6 Å². The van der Waals surface area contributed by atoms with Crippen molar-refractivity contribution in [2.75, 3.05) is 5.32 Å². The summed E-state index contributed by atoms with van der Waals surface area (Å²) in [4.78, 5) is 12.1. The van der Waals surface area contributed by atoms with E-state index in [1.807, 2.05) is 0 Å². The quantitative estimate of drug-likeness (QED) is 0.391. The molecule has 136 valence electrons. The van der Waals surface area contributed by atoms with Crippen LogP contribution in [0.5, 0.6) is 0 Å². The minimum Gasteiger partial charge on any atom is -0.318 e. The number of rotatable bonds is 4. The van der Waals surface area contributed by atoms with Crippen LogP contribution in [0.4, 0.5) is 23.2 Å². The summed E-state index contributed by atoms with van der Waals surface area (Å²) in [6, 6.07) is 0.262. The summed E-state index contributed by atoms with van der Waals surface area (Å²) in [6.45, 7) is -0.488. The Hall–Kier alpha value is -2.69. The topological polar surface area (TPSA) is 64.7 Å². The van der Waals surface area contributed by atoms with Gasteiger partial charge in [0.15, 0.2) is 23.1 Å². The number of benzene rings is 1. The maximum atomic E-state index is 13.7. The molecule has 3 rings (SSSR count). The van der Waals surface area contributed by atoms with Gasteiger partial charge in [0.2, 0.25) is 0 Å². The van der Waals surface area contributed by atoms with Gasteiger partial charge in [0, 0.05) is 31.1 Å². The maximum Gasteiger partial charge on any atom is 0.277 e. The third-order valence-corrected chi connectivity index (χ3v) is 4.00. The van der Waals surface area contributed by atoms with Gasteiger partial charge in [-0.3, -0.25) is 14.2 Å². The Morgan fingerprint density at radius 1 is 1.19 bits per heavy atom. The molecule has 0 atom stereocenters. The van der Waals surface area contributed by atoms with Crippen molar-refractivity contribution in [3.63, 3.8) is 0 Å². The van der Waals surface area contributed by atoms with Gasteiger partial charge in [-0.1, -0.05) is 0 Å². The highest BCUT2D eigenvalue weighted by Gasteiger charge is 2.20. The van der Waals surface area contributed by atoms with E-state index in [0.717, 1.165) is 4.68 Å². The van der Waals surface area contributed by atoms with E-state index in [-0.39, 0.29) is 17.4 Å². The van der Waals surface area contributed by atoms with Crippen LogP contribution in [0.3, 0.4) is 0 Å². The van der Waals surface area contributed by atoms with Crippen molar-refractivity contribution >= 4 is 27.5 Å². The van der Waals surface area contributed by atoms with Crippen molar-refractivity contribution in [2.45, 2.75) is 6.54 Å². The third-order valence-electron chi connectivity index (χ3n) is 3.42. The van der Waals surface area contributed by atoms with Gasteiger partial charge in [-0.15, -0.1) is 0 Å². The molecule has 0 radical (unpaired) electrons. The average Bonchev–Trinajstić information content (AvgIpc) is 3.15. The monoisotopic (exact) mass is 431 g/mol. The van der Waals surface area contributed by atoms with Crippen molar-refractivity contribution in [3.05, 3.63) is 63.7 Å². The molecule has 0 bridgehead atoms. The Morgan fingerprint density at radius 2 is 1.92 bits per heavy atom. The summed E-state index contributed by atoms with van der Waals surface area (Å²) < 4.78 is 56.6. The first-order valence-electron chi connectivity index (χ1n) is 7.11. The summed E-state index contributed by atoms with van der Waals surface area (Å²) in [5, 5.41) is 10.3. The van der Waals surface area contributed by atoms with E-state index in [1.54, 1.807) is 13.2 Å². The van der Waals surface area contributed by atoms with Crippen LogP contribution in [0.25, 0.3) is 0 Å². The zero-order valence-corrected chi connectivity index (χ0v) is 14.7. The number of hydrogen-bond acceptors (Lipinski definition) is 3. The van der Waals surface area contributed by atoms with Crippen LogP contribution < -0.4 is 5.32 Å². The second-order valence-corrected chi connectivity index (χ2v) is 6.18. The molecule has 0 aliphatic rings. The first-order chi connectivity index (χ1) is 12.3. The van der Waals surface area contributed by atoms with Gasteiger partial charge in [0.1, 0.15) is 5.82 Å².